The number of halogens is 1. The molecular formula is C10H13FN2O3S. The van der Waals surface area contributed by atoms with Crippen LogP contribution in [0.15, 0.2) is 23.1 Å². The van der Waals surface area contributed by atoms with Crippen molar-refractivity contribution in [3.05, 3.63) is 29.6 Å². The van der Waals surface area contributed by atoms with Crippen molar-refractivity contribution in [1.29, 1.82) is 0 Å². The maximum atomic E-state index is 13.6. The number of nitrogens with zero attached hydrogens (tertiary/aromatic N) is 1. The molecule has 1 aromatic rings. The standard InChI is InChI=1S/C10H13FN2O3S/c1-3-13(2)10(14)8-5-4-7(6-9(8)11)17(12,15)16/h4-6H,3H2,1-2H3,(H2,12,15,16). The molecule has 5 nitrogen and oxygen atoms in total. The quantitative estimate of drug-likeness (QED) is 0.862. The van der Waals surface area contributed by atoms with E-state index in [-0.39, 0.29) is 10.5 Å². The van der Waals surface area contributed by atoms with E-state index in [1.165, 1.54) is 11.9 Å². The number of hydrogen-bond acceptors (Lipinski definition) is 3. The van der Waals surface area contributed by atoms with Crippen molar-refractivity contribution in [1.82, 2.24) is 4.90 Å². The van der Waals surface area contributed by atoms with Gasteiger partial charge in [0.15, 0.2) is 0 Å². The van der Waals surface area contributed by atoms with Crippen molar-refractivity contribution < 1.29 is 17.6 Å². The average Bonchev–Trinajstić information content (AvgIpc) is 2.25. The van der Waals surface area contributed by atoms with Crippen LogP contribution in [0, 0.1) is 5.82 Å². The van der Waals surface area contributed by atoms with Gasteiger partial charge in [-0.1, -0.05) is 0 Å². The van der Waals surface area contributed by atoms with E-state index in [2.05, 4.69) is 0 Å². The summed E-state index contributed by atoms with van der Waals surface area (Å²) in [6.45, 7) is 2.17. The first-order valence-electron chi connectivity index (χ1n) is 4.85. The number of nitrogens with two attached hydrogens (primary N) is 1. The lowest BCUT2D eigenvalue weighted by Gasteiger charge is -2.15. The lowest BCUT2D eigenvalue weighted by atomic mass is 10.2. The highest BCUT2D eigenvalue weighted by Gasteiger charge is 2.18. The van der Waals surface area contributed by atoms with Gasteiger partial charge in [-0.2, -0.15) is 0 Å². The van der Waals surface area contributed by atoms with E-state index >= 15 is 0 Å². The highest BCUT2D eigenvalue weighted by Crippen LogP contribution is 2.15. The molecule has 1 aromatic carbocycles. The summed E-state index contributed by atoms with van der Waals surface area (Å²) in [5.74, 6) is -1.41. The van der Waals surface area contributed by atoms with Crippen LogP contribution in [0.3, 0.4) is 0 Å². The number of hydrogen-bond donors (Lipinski definition) is 1. The summed E-state index contributed by atoms with van der Waals surface area (Å²) >= 11 is 0. The SMILES string of the molecule is CCN(C)C(=O)c1ccc(S(N)(=O)=O)cc1F. The maximum absolute atomic E-state index is 13.6. The van der Waals surface area contributed by atoms with E-state index in [1.807, 2.05) is 0 Å². The van der Waals surface area contributed by atoms with Crippen molar-refractivity contribution in [2.24, 2.45) is 5.14 Å². The van der Waals surface area contributed by atoms with E-state index in [4.69, 9.17) is 5.14 Å². The number of carbonyl (C=O) groups excluding carboxylic acids is 1. The summed E-state index contributed by atoms with van der Waals surface area (Å²) in [6.07, 6.45) is 0. The van der Waals surface area contributed by atoms with Gasteiger partial charge >= 0.3 is 0 Å². The maximum Gasteiger partial charge on any atom is 0.256 e. The second kappa shape index (κ2) is 4.80. The van der Waals surface area contributed by atoms with Crippen molar-refractivity contribution in [3.63, 3.8) is 0 Å². The summed E-state index contributed by atoms with van der Waals surface area (Å²) < 4.78 is 35.5. The lowest BCUT2D eigenvalue weighted by molar-refractivity contribution is 0.0797. The number of amides is 1. The number of carbonyl (C=O) groups is 1. The largest absolute Gasteiger partial charge is 0.342 e. The Kier molecular flexibility index (Phi) is 3.84. The smallest absolute Gasteiger partial charge is 0.256 e. The summed E-state index contributed by atoms with van der Waals surface area (Å²) in [4.78, 5) is 12.6. The van der Waals surface area contributed by atoms with E-state index in [0.29, 0.717) is 6.54 Å². The molecule has 2 N–H and O–H groups in total. The third-order valence-corrected chi connectivity index (χ3v) is 3.23. The molecule has 1 amide bonds. The monoisotopic (exact) mass is 260 g/mol. The summed E-state index contributed by atoms with van der Waals surface area (Å²) in [5.41, 5.74) is -0.179. The molecule has 0 bridgehead atoms. The van der Waals surface area contributed by atoms with Crippen LogP contribution in [0.2, 0.25) is 0 Å². The first-order valence-corrected chi connectivity index (χ1v) is 6.39. The van der Waals surface area contributed by atoms with Crippen LogP contribution in [-0.4, -0.2) is 32.8 Å². The van der Waals surface area contributed by atoms with E-state index in [0.717, 1.165) is 18.2 Å². The number of primary sulfonamides is 1. The second-order valence-electron chi connectivity index (χ2n) is 3.51. The third kappa shape index (κ3) is 3.01. The predicted molar refractivity (Wildman–Crippen MR) is 60.4 cm³/mol. The van der Waals surface area contributed by atoms with Crippen LogP contribution in [0.1, 0.15) is 17.3 Å². The zero-order valence-electron chi connectivity index (χ0n) is 9.47. The molecule has 0 aliphatic rings. The molecule has 0 heterocycles. The summed E-state index contributed by atoms with van der Waals surface area (Å²) in [6, 6.07) is 2.96. The Bertz CT molecular complexity index is 542. The Hall–Kier alpha value is -1.47. The third-order valence-electron chi connectivity index (χ3n) is 2.32. The molecular weight excluding hydrogens is 247 g/mol. The van der Waals surface area contributed by atoms with Gasteiger partial charge in [0.25, 0.3) is 5.91 Å². The molecule has 0 atom stereocenters. The molecule has 0 aliphatic carbocycles. The van der Waals surface area contributed by atoms with Gasteiger partial charge in [0.05, 0.1) is 10.5 Å². The normalized spacial score (nSPS) is 11.3. The van der Waals surface area contributed by atoms with Gasteiger partial charge in [0, 0.05) is 13.6 Å². The molecule has 94 valence electrons. The Morgan fingerprint density at radius 2 is 2.06 bits per heavy atom. The van der Waals surface area contributed by atoms with Crippen molar-refractivity contribution >= 4 is 15.9 Å². The van der Waals surface area contributed by atoms with Gasteiger partial charge in [0.2, 0.25) is 10.0 Å². The molecule has 0 aliphatic heterocycles. The average molecular weight is 260 g/mol. The molecule has 1 rings (SSSR count). The van der Waals surface area contributed by atoms with Crippen molar-refractivity contribution in [2.75, 3.05) is 13.6 Å². The predicted octanol–water partition coefficient (Wildman–Crippen LogP) is 0.565. The highest BCUT2D eigenvalue weighted by atomic mass is 32.2. The fraction of sp³-hybridized carbons (Fsp3) is 0.300. The minimum absolute atomic E-state index is 0.179. The Balaban J connectivity index is 3.20. The van der Waals surface area contributed by atoms with Gasteiger partial charge in [-0.25, -0.2) is 17.9 Å². The summed E-state index contributed by atoms with van der Waals surface area (Å²) in [5, 5.41) is 4.85. The molecule has 0 saturated carbocycles. The first-order chi connectivity index (χ1) is 7.77. The molecule has 7 heteroatoms. The van der Waals surface area contributed by atoms with Crippen LogP contribution in [0.4, 0.5) is 4.39 Å². The van der Waals surface area contributed by atoms with Crippen LogP contribution >= 0.6 is 0 Å². The Morgan fingerprint density at radius 1 is 1.47 bits per heavy atom. The van der Waals surface area contributed by atoms with Crippen molar-refractivity contribution in [3.8, 4) is 0 Å². The van der Waals surface area contributed by atoms with E-state index in [1.54, 1.807) is 6.92 Å². The molecule has 0 radical (unpaired) electrons. The molecule has 0 saturated heterocycles. The Labute approximate surface area is 99.1 Å². The van der Waals surface area contributed by atoms with Crippen molar-refractivity contribution in [2.45, 2.75) is 11.8 Å². The lowest BCUT2D eigenvalue weighted by Crippen LogP contribution is -2.27. The van der Waals surface area contributed by atoms with Gasteiger partial charge in [-0.05, 0) is 25.1 Å². The highest BCUT2D eigenvalue weighted by molar-refractivity contribution is 7.89. The van der Waals surface area contributed by atoms with Crippen LogP contribution in [0.25, 0.3) is 0 Å². The van der Waals surface area contributed by atoms with Gasteiger partial charge < -0.3 is 4.90 Å². The number of sulfonamides is 1. The van der Waals surface area contributed by atoms with E-state index < -0.39 is 21.7 Å². The Morgan fingerprint density at radius 3 is 2.47 bits per heavy atom. The zero-order valence-corrected chi connectivity index (χ0v) is 10.3. The van der Waals surface area contributed by atoms with Gasteiger partial charge in [-0.15, -0.1) is 0 Å². The minimum Gasteiger partial charge on any atom is -0.342 e. The second-order valence-corrected chi connectivity index (χ2v) is 5.07. The van der Waals surface area contributed by atoms with Gasteiger partial charge in [0.1, 0.15) is 5.82 Å². The van der Waals surface area contributed by atoms with Crippen LogP contribution < -0.4 is 5.14 Å². The molecule has 0 spiro atoms. The van der Waals surface area contributed by atoms with Crippen LogP contribution in [0.5, 0.6) is 0 Å². The number of benzene rings is 1. The molecule has 0 aromatic heterocycles. The molecule has 0 unspecified atom stereocenters. The van der Waals surface area contributed by atoms with Gasteiger partial charge in [-0.3, -0.25) is 4.79 Å². The molecule has 17 heavy (non-hydrogen) atoms. The first kappa shape index (κ1) is 13.6. The minimum atomic E-state index is -3.96. The molecule has 0 fully saturated rings. The summed E-state index contributed by atoms with van der Waals surface area (Å²) in [7, 11) is -2.44. The van der Waals surface area contributed by atoms with E-state index in [9.17, 15) is 17.6 Å². The van der Waals surface area contributed by atoms with Crippen LogP contribution in [-0.2, 0) is 10.0 Å². The fourth-order valence-corrected chi connectivity index (χ4v) is 1.72. The zero-order chi connectivity index (χ0) is 13.2. The fourth-order valence-electron chi connectivity index (χ4n) is 1.20. The topological polar surface area (TPSA) is 80.5 Å². The number of rotatable bonds is 3.